The van der Waals surface area contributed by atoms with Crippen molar-refractivity contribution in [3.63, 3.8) is 0 Å². The lowest BCUT2D eigenvalue weighted by Crippen LogP contribution is -2.36. The minimum Gasteiger partial charge on any atom is -0.334 e. The number of aryl methyl sites for hydroxylation is 1. The van der Waals surface area contributed by atoms with Gasteiger partial charge < -0.3 is 4.90 Å². The van der Waals surface area contributed by atoms with E-state index in [0.717, 1.165) is 42.8 Å². The van der Waals surface area contributed by atoms with E-state index in [0.29, 0.717) is 11.7 Å². The maximum absolute atomic E-state index is 12.9. The second-order valence-corrected chi connectivity index (χ2v) is 7.41. The standard InChI is InChI=1S/C20H21N3OS/c24-20(18-14-17(21-22-18)19-9-5-13-25-19)23-12-4-8-16(23)11-10-15-6-2-1-3-7-15/h1-3,5-7,9,13-14,16H,4,8,10-12H2,(H,21,22). The minimum absolute atomic E-state index is 0.0506. The van der Waals surface area contributed by atoms with Crippen molar-refractivity contribution < 1.29 is 4.79 Å². The molecular weight excluding hydrogens is 330 g/mol. The number of amides is 1. The molecule has 5 heteroatoms. The first-order valence-electron chi connectivity index (χ1n) is 8.75. The molecule has 128 valence electrons. The normalized spacial score (nSPS) is 17.1. The molecule has 0 aliphatic carbocycles. The number of rotatable bonds is 5. The second-order valence-electron chi connectivity index (χ2n) is 6.46. The molecular formula is C20H21N3OS. The number of hydrogen-bond acceptors (Lipinski definition) is 3. The summed E-state index contributed by atoms with van der Waals surface area (Å²) in [6, 6.07) is 16.7. The quantitative estimate of drug-likeness (QED) is 0.742. The van der Waals surface area contributed by atoms with Gasteiger partial charge in [0, 0.05) is 12.6 Å². The molecule has 1 aromatic carbocycles. The van der Waals surface area contributed by atoms with E-state index in [1.165, 1.54) is 5.56 Å². The summed E-state index contributed by atoms with van der Waals surface area (Å²) in [5.41, 5.74) is 2.77. The van der Waals surface area contributed by atoms with Gasteiger partial charge in [0.2, 0.25) is 0 Å². The van der Waals surface area contributed by atoms with Gasteiger partial charge in [0.15, 0.2) is 5.69 Å². The number of nitrogens with one attached hydrogen (secondary N) is 1. The molecule has 1 aliphatic rings. The van der Waals surface area contributed by atoms with E-state index in [-0.39, 0.29) is 5.91 Å². The van der Waals surface area contributed by atoms with Crippen LogP contribution in [-0.2, 0) is 6.42 Å². The van der Waals surface area contributed by atoms with E-state index in [1.807, 2.05) is 34.5 Å². The van der Waals surface area contributed by atoms with Crippen LogP contribution in [0.3, 0.4) is 0 Å². The number of carbonyl (C=O) groups is 1. The highest BCUT2D eigenvalue weighted by Crippen LogP contribution is 2.26. The Morgan fingerprint density at radius 2 is 2.12 bits per heavy atom. The molecule has 0 radical (unpaired) electrons. The Morgan fingerprint density at radius 1 is 1.24 bits per heavy atom. The molecule has 1 amide bonds. The van der Waals surface area contributed by atoms with Crippen LogP contribution in [0, 0.1) is 0 Å². The molecule has 3 heterocycles. The maximum atomic E-state index is 12.9. The fraction of sp³-hybridized carbons (Fsp3) is 0.300. The fourth-order valence-corrected chi connectivity index (χ4v) is 4.21. The number of likely N-dealkylation sites (tertiary alicyclic amines) is 1. The largest absolute Gasteiger partial charge is 0.334 e. The van der Waals surface area contributed by atoms with Gasteiger partial charge in [0.25, 0.3) is 5.91 Å². The van der Waals surface area contributed by atoms with Gasteiger partial charge in [-0.05, 0) is 48.8 Å². The highest BCUT2D eigenvalue weighted by Gasteiger charge is 2.30. The van der Waals surface area contributed by atoms with E-state index in [4.69, 9.17) is 0 Å². The van der Waals surface area contributed by atoms with E-state index >= 15 is 0 Å². The predicted octanol–water partition coefficient (Wildman–Crippen LogP) is 4.38. The molecule has 1 aliphatic heterocycles. The van der Waals surface area contributed by atoms with Crippen LogP contribution in [0.5, 0.6) is 0 Å². The highest BCUT2D eigenvalue weighted by molar-refractivity contribution is 7.13. The third-order valence-corrected chi connectivity index (χ3v) is 5.73. The van der Waals surface area contributed by atoms with Crippen LogP contribution in [0.1, 0.15) is 35.3 Å². The second kappa shape index (κ2) is 7.23. The Balaban J connectivity index is 1.44. The van der Waals surface area contributed by atoms with Crippen molar-refractivity contribution in [1.82, 2.24) is 15.1 Å². The summed E-state index contributed by atoms with van der Waals surface area (Å²) in [5.74, 6) is 0.0506. The number of hydrogen-bond donors (Lipinski definition) is 1. The summed E-state index contributed by atoms with van der Waals surface area (Å²) in [6.45, 7) is 0.833. The monoisotopic (exact) mass is 351 g/mol. The van der Waals surface area contributed by atoms with E-state index in [9.17, 15) is 4.79 Å². The molecule has 0 bridgehead atoms. The molecule has 1 saturated heterocycles. The van der Waals surface area contributed by atoms with Gasteiger partial charge in [-0.3, -0.25) is 9.89 Å². The summed E-state index contributed by atoms with van der Waals surface area (Å²) in [5, 5.41) is 9.28. The van der Waals surface area contributed by atoms with Crippen LogP contribution in [0.4, 0.5) is 0 Å². The van der Waals surface area contributed by atoms with Crippen molar-refractivity contribution in [2.45, 2.75) is 31.7 Å². The molecule has 0 spiro atoms. The first-order valence-corrected chi connectivity index (χ1v) is 9.63. The van der Waals surface area contributed by atoms with Crippen molar-refractivity contribution in [2.75, 3.05) is 6.54 Å². The fourth-order valence-electron chi connectivity index (χ4n) is 3.52. The summed E-state index contributed by atoms with van der Waals surface area (Å²) in [7, 11) is 0. The summed E-state index contributed by atoms with van der Waals surface area (Å²) in [6.07, 6.45) is 4.18. The van der Waals surface area contributed by atoms with Gasteiger partial charge in [0.1, 0.15) is 0 Å². The summed E-state index contributed by atoms with van der Waals surface area (Å²) < 4.78 is 0. The van der Waals surface area contributed by atoms with Crippen LogP contribution >= 0.6 is 11.3 Å². The van der Waals surface area contributed by atoms with Crippen LogP contribution in [-0.4, -0.2) is 33.6 Å². The lowest BCUT2D eigenvalue weighted by atomic mass is 10.0. The first kappa shape index (κ1) is 16.1. The predicted molar refractivity (Wildman–Crippen MR) is 101 cm³/mol. The number of thiophene rings is 1. The molecule has 4 rings (SSSR count). The Hall–Kier alpha value is -2.40. The first-order chi connectivity index (χ1) is 12.3. The van der Waals surface area contributed by atoms with Crippen LogP contribution in [0.2, 0.25) is 0 Å². The molecule has 1 N–H and O–H groups in total. The number of nitrogens with zero attached hydrogens (tertiary/aromatic N) is 2. The van der Waals surface area contributed by atoms with Crippen molar-refractivity contribution in [3.8, 4) is 10.6 Å². The highest BCUT2D eigenvalue weighted by atomic mass is 32.1. The van der Waals surface area contributed by atoms with E-state index in [1.54, 1.807) is 11.3 Å². The van der Waals surface area contributed by atoms with E-state index < -0.39 is 0 Å². The zero-order chi connectivity index (χ0) is 17.1. The molecule has 1 fully saturated rings. The molecule has 1 unspecified atom stereocenters. The average molecular weight is 351 g/mol. The molecule has 0 saturated carbocycles. The minimum atomic E-state index is 0.0506. The summed E-state index contributed by atoms with van der Waals surface area (Å²) >= 11 is 1.64. The molecule has 2 aromatic heterocycles. The Kier molecular flexibility index (Phi) is 4.65. The van der Waals surface area contributed by atoms with Gasteiger partial charge in [-0.15, -0.1) is 11.3 Å². The number of benzene rings is 1. The average Bonchev–Trinajstić information content (AvgIpc) is 3.41. The van der Waals surface area contributed by atoms with Gasteiger partial charge in [-0.2, -0.15) is 5.10 Å². The zero-order valence-corrected chi connectivity index (χ0v) is 14.8. The van der Waals surface area contributed by atoms with Gasteiger partial charge in [-0.25, -0.2) is 0 Å². The van der Waals surface area contributed by atoms with Crippen LogP contribution in [0.25, 0.3) is 10.6 Å². The lowest BCUT2D eigenvalue weighted by molar-refractivity contribution is 0.0724. The maximum Gasteiger partial charge on any atom is 0.274 e. The smallest absolute Gasteiger partial charge is 0.274 e. The molecule has 1 atom stereocenters. The number of carbonyl (C=O) groups excluding carboxylic acids is 1. The number of aromatic amines is 1. The van der Waals surface area contributed by atoms with Crippen molar-refractivity contribution in [3.05, 3.63) is 65.2 Å². The summed E-state index contributed by atoms with van der Waals surface area (Å²) in [4.78, 5) is 16.0. The Bertz CT molecular complexity index is 826. The Labute approximate surface area is 151 Å². The topological polar surface area (TPSA) is 49.0 Å². The Morgan fingerprint density at radius 3 is 2.92 bits per heavy atom. The van der Waals surface area contributed by atoms with E-state index in [2.05, 4.69) is 34.5 Å². The van der Waals surface area contributed by atoms with Gasteiger partial charge in [-0.1, -0.05) is 36.4 Å². The SMILES string of the molecule is O=C(c1cc(-c2cccs2)[nH]n1)N1CCCC1CCc1ccccc1. The molecule has 4 nitrogen and oxygen atoms in total. The molecule has 3 aromatic rings. The van der Waals surface area contributed by atoms with Crippen molar-refractivity contribution >= 4 is 17.2 Å². The van der Waals surface area contributed by atoms with Crippen molar-refractivity contribution in [2.24, 2.45) is 0 Å². The lowest BCUT2D eigenvalue weighted by Gasteiger charge is -2.24. The van der Waals surface area contributed by atoms with Gasteiger partial charge in [0.05, 0.1) is 10.6 Å². The third kappa shape index (κ3) is 3.51. The molecule has 25 heavy (non-hydrogen) atoms. The number of aromatic nitrogens is 2. The van der Waals surface area contributed by atoms with Crippen LogP contribution in [0.15, 0.2) is 53.9 Å². The van der Waals surface area contributed by atoms with Gasteiger partial charge >= 0.3 is 0 Å². The van der Waals surface area contributed by atoms with Crippen LogP contribution < -0.4 is 0 Å². The zero-order valence-electron chi connectivity index (χ0n) is 14.0. The van der Waals surface area contributed by atoms with Crippen molar-refractivity contribution in [1.29, 1.82) is 0 Å². The third-order valence-electron chi connectivity index (χ3n) is 4.83. The number of H-pyrrole nitrogens is 1.